The Labute approximate surface area is 388 Å². The number of rotatable bonds is 6. The van der Waals surface area contributed by atoms with Crippen LogP contribution in [0.4, 0.5) is 17.1 Å². The van der Waals surface area contributed by atoms with E-state index in [0.29, 0.717) is 0 Å². The number of benzene rings is 9. The Kier molecular flexibility index (Phi) is 8.06. The fourth-order valence-corrected chi connectivity index (χ4v) is 12.9. The average Bonchev–Trinajstić information content (AvgIpc) is 4.09. The lowest BCUT2D eigenvalue weighted by molar-refractivity contribution is 0.660. The molecule has 312 valence electrons. The van der Waals surface area contributed by atoms with Crippen LogP contribution >= 0.6 is 11.3 Å². The summed E-state index contributed by atoms with van der Waals surface area (Å²) < 4.78 is 5.14. The molecule has 3 heterocycles. The quantitative estimate of drug-likeness (QED) is 0.162. The molecule has 0 unspecified atom stereocenters. The number of hydrogen-bond acceptors (Lipinski definition) is 2. The van der Waals surface area contributed by atoms with Crippen molar-refractivity contribution in [3.63, 3.8) is 0 Å². The molecule has 12 aromatic rings. The normalized spacial score (nSPS) is 13.8. The van der Waals surface area contributed by atoms with Gasteiger partial charge in [-0.25, -0.2) is 0 Å². The van der Waals surface area contributed by atoms with Crippen LogP contribution in [0.5, 0.6) is 0 Å². The fraction of sp³-hybridized carbons (Fsp3) is 0.0794. The summed E-state index contributed by atoms with van der Waals surface area (Å²) in [4.78, 5) is 2.42. The van der Waals surface area contributed by atoms with Gasteiger partial charge in [0, 0.05) is 70.1 Å². The van der Waals surface area contributed by atoms with E-state index < -0.39 is 0 Å². The summed E-state index contributed by atoms with van der Waals surface area (Å²) in [6.07, 6.45) is 6.83. The molecule has 0 N–H and O–H groups in total. The number of fused-ring (bicyclic) bond motifs is 12. The molecule has 3 heteroatoms. The lowest BCUT2D eigenvalue weighted by atomic mass is 9.82. The average molecular weight is 861 g/mol. The van der Waals surface area contributed by atoms with Crippen molar-refractivity contribution in [1.29, 1.82) is 0 Å². The van der Waals surface area contributed by atoms with Gasteiger partial charge in [0.15, 0.2) is 0 Å². The SMILES string of the molecule is CC1(C)c2ccccc2-c2c(-c3ccc(N(c4ccc(-c5ccccc5)cc4)c4ccc5c(c4)sc4cc(-c6cccc7c6c6cccc8c9c(n7c86)CCC=C9)ccc45)cc3)cccc21. The molecule has 0 saturated heterocycles. The molecule has 0 atom stereocenters. The van der Waals surface area contributed by atoms with Crippen LogP contribution in [-0.4, -0.2) is 4.40 Å². The molecule has 2 aliphatic carbocycles. The lowest BCUT2D eigenvalue weighted by Gasteiger charge is -2.26. The summed E-state index contributed by atoms with van der Waals surface area (Å²) in [5.41, 5.74) is 21.8. The van der Waals surface area contributed by atoms with Crippen molar-refractivity contribution in [3.05, 3.63) is 223 Å². The number of allylic oxidation sites excluding steroid dienone is 1. The molecule has 14 rings (SSSR count). The molecule has 0 bridgehead atoms. The third-order valence-corrected chi connectivity index (χ3v) is 15.9. The highest BCUT2D eigenvalue weighted by atomic mass is 32.1. The van der Waals surface area contributed by atoms with Gasteiger partial charge in [-0.05, 0) is 117 Å². The highest BCUT2D eigenvalue weighted by Gasteiger charge is 2.36. The van der Waals surface area contributed by atoms with Gasteiger partial charge in [-0.1, -0.05) is 172 Å². The summed E-state index contributed by atoms with van der Waals surface area (Å²) >= 11 is 1.89. The largest absolute Gasteiger partial charge is 0.312 e. The van der Waals surface area contributed by atoms with Gasteiger partial charge >= 0.3 is 0 Å². The minimum absolute atomic E-state index is 0.0425. The number of nitrogens with zero attached hydrogens (tertiary/aromatic N) is 2. The number of aryl methyl sites for hydroxylation is 1. The molecular formula is C63H44N2S. The molecule has 0 fully saturated rings. The van der Waals surface area contributed by atoms with Crippen molar-refractivity contribution in [2.75, 3.05) is 4.90 Å². The van der Waals surface area contributed by atoms with Gasteiger partial charge in [0.25, 0.3) is 0 Å². The number of hydrogen-bond donors (Lipinski definition) is 0. The van der Waals surface area contributed by atoms with Gasteiger partial charge in [-0.2, -0.15) is 0 Å². The maximum absolute atomic E-state index is 2.56. The minimum Gasteiger partial charge on any atom is -0.312 e. The van der Waals surface area contributed by atoms with Crippen LogP contribution in [0.3, 0.4) is 0 Å². The predicted molar refractivity (Wildman–Crippen MR) is 282 cm³/mol. The van der Waals surface area contributed by atoms with E-state index in [1.807, 2.05) is 11.3 Å². The van der Waals surface area contributed by atoms with Gasteiger partial charge in [0.2, 0.25) is 0 Å². The maximum Gasteiger partial charge on any atom is 0.0617 e. The third kappa shape index (κ3) is 5.41. The molecule has 66 heavy (non-hydrogen) atoms. The monoisotopic (exact) mass is 860 g/mol. The van der Waals surface area contributed by atoms with Crippen molar-refractivity contribution < 1.29 is 0 Å². The summed E-state index contributed by atoms with van der Waals surface area (Å²) in [5.74, 6) is 0. The van der Waals surface area contributed by atoms with Crippen molar-refractivity contribution in [1.82, 2.24) is 4.40 Å². The minimum atomic E-state index is -0.0425. The van der Waals surface area contributed by atoms with E-state index in [2.05, 4.69) is 229 Å². The predicted octanol–water partition coefficient (Wildman–Crippen LogP) is 17.8. The van der Waals surface area contributed by atoms with E-state index in [9.17, 15) is 0 Å². The van der Waals surface area contributed by atoms with Crippen molar-refractivity contribution >= 4 is 81.8 Å². The first kappa shape index (κ1) is 37.6. The first-order chi connectivity index (χ1) is 32.5. The zero-order valence-electron chi connectivity index (χ0n) is 36.8. The Morgan fingerprint density at radius 1 is 0.485 bits per heavy atom. The second-order valence-corrected chi connectivity index (χ2v) is 19.8. The van der Waals surface area contributed by atoms with Gasteiger partial charge in [-0.15, -0.1) is 11.3 Å². The maximum atomic E-state index is 2.56. The lowest BCUT2D eigenvalue weighted by Crippen LogP contribution is -2.14. The number of para-hydroxylation sites is 1. The van der Waals surface area contributed by atoms with Crippen LogP contribution in [0.1, 0.15) is 42.7 Å². The summed E-state index contributed by atoms with van der Waals surface area (Å²) in [6, 6.07) is 72.6. The Bertz CT molecular complexity index is 3940. The second-order valence-electron chi connectivity index (χ2n) is 18.7. The van der Waals surface area contributed by atoms with Gasteiger partial charge in [-0.3, -0.25) is 0 Å². The number of aromatic nitrogens is 1. The molecule has 2 aliphatic rings. The van der Waals surface area contributed by atoms with Gasteiger partial charge in [0.05, 0.1) is 11.0 Å². The van der Waals surface area contributed by atoms with E-state index in [4.69, 9.17) is 0 Å². The van der Waals surface area contributed by atoms with Crippen molar-refractivity contribution in [2.24, 2.45) is 0 Å². The summed E-state index contributed by atoms with van der Waals surface area (Å²) in [6.45, 7) is 4.71. The molecule has 0 spiro atoms. The Balaban J connectivity index is 0.880. The Hall–Kier alpha value is -7.72. The summed E-state index contributed by atoms with van der Waals surface area (Å²) in [7, 11) is 0. The van der Waals surface area contributed by atoms with E-state index in [1.165, 1.54) is 114 Å². The van der Waals surface area contributed by atoms with E-state index >= 15 is 0 Å². The second kappa shape index (κ2) is 14.1. The van der Waals surface area contributed by atoms with Crippen LogP contribution < -0.4 is 4.90 Å². The first-order valence-electron chi connectivity index (χ1n) is 23.2. The Morgan fingerprint density at radius 3 is 1.94 bits per heavy atom. The topological polar surface area (TPSA) is 7.65 Å². The smallest absolute Gasteiger partial charge is 0.0617 e. The van der Waals surface area contributed by atoms with Crippen LogP contribution in [0.15, 0.2) is 200 Å². The molecule has 0 aliphatic heterocycles. The van der Waals surface area contributed by atoms with Crippen molar-refractivity contribution in [3.8, 4) is 44.5 Å². The summed E-state index contributed by atoms with van der Waals surface area (Å²) in [5, 5.41) is 6.65. The van der Waals surface area contributed by atoms with Crippen molar-refractivity contribution in [2.45, 2.75) is 32.1 Å². The van der Waals surface area contributed by atoms with E-state index in [1.54, 1.807) is 0 Å². The number of anilines is 3. The fourth-order valence-electron chi connectivity index (χ4n) is 11.7. The molecule has 0 amide bonds. The standard InChI is InChI=1S/C63H44N2S/c1-63(2)54-21-8-6-16-52(54)60-46(17-11-22-55(60)63)41-27-32-44(33-28-41)64(43-30-25-40(26-31-43)39-13-4-3-5-14-39)45-34-36-50-49-35-29-42(37-58(49)66-59(50)38-45)47-18-12-24-57-61(47)53-20-10-19-51-48-15-7-9-23-56(48)65(57)62(51)53/h3-8,10-22,24-38H,9,23H2,1-2H3. The van der Waals surface area contributed by atoms with Crippen LogP contribution in [-0.2, 0) is 11.8 Å². The van der Waals surface area contributed by atoms with Crippen LogP contribution in [0, 0.1) is 0 Å². The molecule has 2 nitrogen and oxygen atoms in total. The van der Waals surface area contributed by atoms with Gasteiger partial charge in [0.1, 0.15) is 0 Å². The third-order valence-electron chi connectivity index (χ3n) is 14.8. The molecular weight excluding hydrogens is 817 g/mol. The highest BCUT2D eigenvalue weighted by molar-refractivity contribution is 7.25. The zero-order chi connectivity index (χ0) is 43.7. The van der Waals surface area contributed by atoms with E-state index in [0.717, 1.165) is 29.9 Å². The molecule has 3 aromatic heterocycles. The molecule has 9 aromatic carbocycles. The van der Waals surface area contributed by atoms with E-state index in [-0.39, 0.29) is 5.41 Å². The first-order valence-corrected chi connectivity index (χ1v) is 24.0. The van der Waals surface area contributed by atoms with Crippen LogP contribution in [0.25, 0.3) is 97.9 Å². The van der Waals surface area contributed by atoms with Crippen LogP contribution in [0.2, 0.25) is 0 Å². The van der Waals surface area contributed by atoms with Gasteiger partial charge < -0.3 is 9.30 Å². The highest BCUT2D eigenvalue weighted by Crippen LogP contribution is 2.52. The molecule has 0 saturated carbocycles. The number of thiophene rings is 1. The zero-order valence-corrected chi connectivity index (χ0v) is 37.7. The Morgan fingerprint density at radius 2 is 1.11 bits per heavy atom. The molecule has 0 radical (unpaired) electrons.